The van der Waals surface area contributed by atoms with E-state index in [0.717, 1.165) is 16.9 Å². The summed E-state index contributed by atoms with van der Waals surface area (Å²) in [7, 11) is 3.20. The van der Waals surface area contributed by atoms with E-state index in [9.17, 15) is 5.26 Å². The van der Waals surface area contributed by atoms with E-state index < -0.39 is 0 Å². The van der Waals surface area contributed by atoms with Gasteiger partial charge < -0.3 is 14.8 Å². The van der Waals surface area contributed by atoms with Gasteiger partial charge in [0.05, 0.1) is 19.9 Å². The molecule has 0 saturated heterocycles. The molecular weight excluding hydrogens is 370 g/mol. The second-order valence-corrected chi connectivity index (χ2v) is 7.08. The van der Waals surface area contributed by atoms with Crippen LogP contribution < -0.4 is 14.8 Å². The highest BCUT2D eigenvalue weighted by molar-refractivity contribution is 7.11. The summed E-state index contributed by atoms with van der Waals surface area (Å²) >= 11 is 1.43. The fourth-order valence-corrected chi connectivity index (χ4v) is 3.45. The number of rotatable bonds is 6. The van der Waals surface area contributed by atoms with Crippen molar-refractivity contribution in [2.75, 3.05) is 19.5 Å². The maximum absolute atomic E-state index is 9.56. The Hall–Kier alpha value is -3.30. The monoisotopic (exact) mass is 391 g/mol. The molecule has 0 bridgehead atoms. The van der Waals surface area contributed by atoms with E-state index in [4.69, 9.17) is 9.47 Å². The van der Waals surface area contributed by atoms with E-state index in [0.29, 0.717) is 22.1 Å². The number of ether oxygens (including phenoxy) is 2. The van der Waals surface area contributed by atoms with Gasteiger partial charge in [-0.1, -0.05) is 6.07 Å². The van der Waals surface area contributed by atoms with Crippen molar-refractivity contribution < 1.29 is 9.47 Å². The standard InChI is InChI=1S/C22H21N3O2S/c1-14-5-7-18(9-15(14)2)24-12-17(11-23)22-25-19(13-28-22)16-6-8-20(26-3)21(10-16)27-4/h5-10,12-13,24H,1-4H3. The van der Waals surface area contributed by atoms with Gasteiger partial charge >= 0.3 is 0 Å². The molecule has 28 heavy (non-hydrogen) atoms. The topological polar surface area (TPSA) is 67.2 Å². The van der Waals surface area contributed by atoms with Crippen LogP contribution in [0.2, 0.25) is 0 Å². The number of allylic oxidation sites excluding steroid dienone is 1. The predicted octanol–water partition coefficient (Wildman–Crippen LogP) is 5.42. The van der Waals surface area contributed by atoms with Crippen molar-refractivity contribution in [3.8, 4) is 28.8 Å². The molecule has 1 N–H and O–H groups in total. The molecule has 142 valence electrons. The molecule has 3 rings (SSSR count). The average Bonchev–Trinajstić information content (AvgIpc) is 3.20. The molecule has 5 nitrogen and oxygen atoms in total. The van der Waals surface area contributed by atoms with Gasteiger partial charge in [-0.3, -0.25) is 0 Å². The smallest absolute Gasteiger partial charge is 0.161 e. The van der Waals surface area contributed by atoms with Gasteiger partial charge in [0, 0.05) is 22.8 Å². The summed E-state index contributed by atoms with van der Waals surface area (Å²) < 4.78 is 10.6. The number of nitrogens with one attached hydrogen (secondary N) is 1. The third kappa shape index (κ3) is 4.16. The maximum Gasteiger partial charge on any atom is 0.161 e. The highest BCUT2D eigenvalue weighted by atomic mass is 32.1. The number of thiazole rings is 1. The van der Waals surface area contributed by atoms with E-state index in [2.05, 4.69) is 42.4 Å². The molecular formula is C22H21N3O2S. The molecule has 0 aliphatic carbocycles. The summed E-state index contributed by atoms with van der Waals surface area (Å²) in [4.78, 5) is 4.62. The van der Waals surface area contributed by atoms with Crippen LogP contribution in [0, 0.1) is 25.2 Å². The van der Waals surface area contributed by atoms with E-state index in [1.807, 2.05) is 29.6 Å². The quantitative estimate of drug-likeness (QED) is 0.568. The second kappa shape index (κ2) is 8.59. The van der Waals surface area contributed by atoms with Gasteiger partial charge in [0.2, 0.25) is 0 Å². The third-order valence-electron chi connectivity index (χ3n) is 4.42. The number of aryl methyl sites for hydroxylation is 2. The van der Waals surface area contributed by atoms with Crippen LogP contribution in [0.15, 0.2) is 48.0 Å². The van der Waals surface area contributed by atoms with Gasteiger partial charge in [0.25, 0.3) is 0 Å². The number of benzene rings is 2. The zero-order chi connectivity index (χ0) is 20.1. The lowest BCUT2D eigenvalue weighted by Crippen LogP contribution is -1.93. The summed E-state index contributed by atoms with van der Waals surface area (Å²) in [6.07, 6.45) is 1.70. The molecule has 0 fully saturated rings. The van der Waals surface area contributed by atoms with Gasteiger partial charge in [-0.25, -0.2) is 4.98 Å². The largest absolute Gasteiger partial charge is 0.493 e. The molecule has 0 amide bonds. The molecule has 1 heterocycles. The van der Waals surface area contributed by atoms with Gasteiger partial charge in [0.15, 0.2) is 11.5 Å². The molecule has 6 heteroatoms. The number of aromatic nitrogens is 1. The van der Waals surface area contributed by atoms with E-state index in [-0.39, 0.29) is 0 Å². The van der Waals surface area contributed by atoms with E-state index in [1.165, 1.54) is 22.5 Å². The van der Waals surface area contributed by atoms with Crippen LogP contribution in [0.3, 0.4) is 0 Å². The van der Waals surface area contributed by atoms with Crippen LogP contribution in [0.25, 0.3) is 16.8 Å². The molecule has 1 aromatic heterocycles. The highest BCUT2D eigenvalue weighted by Crippen LogP contribution is 2.33. The lowest BCUT2D eigenvalue weighted by atomic mass is 10.1. The van der Waals surface area contributed by atoms with Crippen LogP contribution in [0.5, 0.6) is 11.5 Å². The number of methoxy groups -OCH3 is 2. The molecule has 0 atom stereocenters. The Morgan fingerprint density at radius 1 is 1.07 bits per heavy atom. The Labute approximate surface area is 168 Å². The fourth-order valence-electron chi connectivity index (χ4n) is 2.65. The van der Waals surface area contributed by atoms with Crippen LogP contribution in [-0.4, -0.2) is 19.2 Å². The first-order valence-corrected chi connectivity index (χ1v) is 9.56. The Kier molecular flexibility index (Phi) is 5.97. The average molecular weight is 391 g/mol. The number of nitriles is 1. The van der Waals surface area contributed by atoms with Crippen LogP contribution >= 0.6 is 11.3 Å². The molecule has 0 unspecified atom stereocenters. The van der Waals surface area contributed by atoms with Crippen molar-refractivity contribution in [1.82, 2.24) is 4.98 Å². The lowest BCUT2D eigenvalue weighted by molar-refractivity contribution is 0.355. The Morgan fingerprint density at radius 3 is 2.54 bits per heavy atom. The Bertz CT molecular complexity index is 1060. The van der Waals surface area contributed by atoms with Crippen LogP contribution in [0.4, 0.5) is 5.69 Å². The molecule has 0 aliphatic heterocycles. The fraction of sp³-hybridized carbons (Fsp3) is 0.182. The maximum atomic E-state index is 9.56. The van der Waals surface area contributed by atoms with Crippen LogP contribution in [0.1, 0.15) is 16.1 Å². The molecule has 2 aromatic carbocycles. The minimum atomic E-state index is 0.481. The van der Waals surface area contributed by atoms with Gasteiger partial charge in [-0.15, -0.1) is 11.3 Å². The molecule has 0 saturated carbocycles. The van der Waals surface area contributed by atoms with Gasteiger partial charge in [0.1, 0.15) is 16.6 Å². The van der Waals surface area contributed by atoms with Crippen LogP contribution in [-0.2, 0) is 0 Å². The Balaban J connectivity index is 1.85. The minimum Gasteiger partial charge on any atom is -0.493 e. The Morgan fingerprint density at radius 2 is 1.86 bits per heavy atom. The van der Waals surface area contributed by atoms with Crippen molar-refractivity contribution in [2.24, 2.45) is 0 Å². The molecule has 0 aliphatic rings. The zero-order valence-corrected chi connectivity index (χ0v) is 17.1. The first kappa shape index (κ1) is 19.5. The SMILES string of the molecule is COc1ccc(-c2csc(C(C#N)=CNc3ccc(C)c(C)c3)n2)cc1OC. The summed E-state index contributed by atoms with van der Waals surface area (Å²) in [5.41, 5.74) is 5.53. The normalized spacial score (nSPS) is 11.0. The van der Waals surface area contributed by atoms with E-state index >= 15 is 0 Å². The zero-order valence-electron chi connectivity index (χ0n) is 16.2. The number of anilines is 1. The van der Waals surface area contributed by atoms with Crippen molar-refractivity contribution in [1.29, 1.82) is 5.26 Å². The number of hydrogen-bond acceptors (Lipinski definition) is 6. The third-order valence-corrected chi connectivity index (χ3v) is 5.30. The minimum absolute atomic E-state index is 0.481. The molecule has 3 aromatic rings. The second-order valence-electron chi connectivity index (χ2n) is 6.22. The summed E-state index contributed by atoms with van der Waals surface area (Å²) in [6, 6.07) is 14.0. The predicted molar refractivity (Wildman–Crippen MR) is 114 cm³/mol. The van der Waals surface area contributed by atoms with Gasteiger partial charge in [-0.2, -0.15) is 5.26 Å². The van der Waals surface area contributed by atoms with Crippen molar-refractivity contribution in [3.63, 3.8) is 0 Å². The lowest BCUT2D eigenvalue weighted by Gasteiger charge is -2.08. The summed E-state index contributed by atoms with van der Waals surface area (Å²) in [5, 5.41) is 15.3. The van der Waals surface area contributed by atoms with Crippen molar-refractivity contribution >= 4 is 22.6 Å². The first-order chi connectivity index (χ1) is 13.5. The van der Waals surface area contributed by atoms with Crippen molar-refractivity contribution in [2.45, 2.75) is 13.8 Å². The number of hydrogen-bond donors (Lipinski definition) is 1. The van der Waals surface area contributed by atoms with Gasteiger partial charge in [-0.05, 0) is 55.3 Å². The van der Waals surface area contributed by atoms with E-state index in [1.54, 1.807) is 20.4 Å². The molecule has 0 spiro atoms. The van der Waals surface area contributed by atoms with Crippen molar-refractivity contribution in [3.05, 3.63) is 64.1 Å². The highest BCUT2D eigenvalue weighted by Gasteiger charge is 2.12. The summed E-state index contributed by atoms with van der Waals surface area (Å²) in [5.74, 6) is 1.30. The summed E-state index contributed by atoms with van der Waals surface area (Å²) in [6.45, 7) is 4.13. The molecule has 0 radical (unpaired) electrons. The number of nitrogens with zero attached hydrogens (tertiary/aromatic N) is 2. The first-order valence-electron chi connectivity index (χ1n) is 8.68.